The van der Waals surface area contributed by atoms with E-state index >= 15 is 0 Å². The number of ether oxygens (including phenoxy) is 5. The van der Waals surface area contributed by atoms with Crippen LogP contribution in [-0.2, 0) is 19.6 Å². The summed E-state index contributed by atoms with van der Waals surface area (Å²) in [5.41, 5.74) is 2.15. The van der Waals surface area contributed by atoms with E-state index in [0.29, 0.717) is 57.2 Å². The van der Waals surface area contributed by atoms with Crippen molar-refractivity contribution in [3.05, 3.63) is 59.7 Å². The monoisotopic (exact) mass is 524 g/mol. The lowest BCUT2D eigenvalue weighted by Gasteiger charge is -2.26. The highest BCUT2D eigenvalue weighted by molar-refractivity contribution is 6.18. The molecular weight excluding hydrogens is 484 g/mol. The molecule has 2 N–H and O–H groups in total. The Hall–Kier alpha value is -1.87. The molecule has 0 aromatic heterocycles. The van der Waals surface area contributed by atoms with Crippen LogP contribution in [-0.4, -0.2) is 81.7 Å². The van der Waals surface area contributed by atoms with Crippen LogP contribution in [0.3, 0.4) is 0 Å². The van der Waals surface area contributed by atoms with Gasteiger partial charge in [0.2, 0.25) is 0 Å². The van der Waals surface area contributed by atoms with Crippen LogP contribution in [0.15, 0.2) is 48.5 Å². The Morgan fingerprint density at radius 3 is 1.69 bits per heavy atom. The van der Waals surface area contributed by atoms with E-state index in [1.807, 2.05) is 36.4 Å². The SMILES string of the molecule is C[C@H](CCl)COc1ccc(C(C)(C)c2ccc(OC[C@H](O)COCCOCCOCCO)cc2)cc1. The van der Waals surface area contributed by atoms with Crippen molar-refractivity contribution in [2.24, 2.45) is 5.92 Å². The molecule has 202 valence electrons. The van der Waals surface area contributed by atoms with Gasteiger partial charge in [0, 0.05) is 17.2 Å². The van der Waals surface area contributed by atoms with Crippen LogP contribution in [0.2, 0.25) is 0 Å². The van der Waals surface area contributed by atoms with Crippen molar-refractivity contribution in [2.45, 2.75) is 32.3 Å². The quantitative estimate of drug-likeness (QED) is 0.212. The molecule has 0 radical (unpaired) electrons. The van der Waals surface area contributed by atoms with Gasteiger partial charge in [-0.3, -0.25) is 0 Å². The van der Waals surface area contributed by atoms with Gasteiger partial charge in [0.05, 0.1) is 52.9 Å². The first-order chi connectivity index (χ1) is 17.4. The van der Waals surface area contributed by atoms with Crippen LogP contribution in [0.1, 0.15) is 31.9 Å². The van der Waals surface area contributed by atoms with Gasteiger partial charge in [0.15, 0.2) is 0 Å². The summed E-state index contributed by atoms with van der Waals surface area (Å²) in [5.74, 6) is 2.43. The lowest BCUT2D eigenvalue weighted by molar-refractivity contribution is -0.0217. The van der Waals surface area contributed by atoms with Crippen LogP contribution in [0.4, 0.5) is 0 Å². The number of alkyl halides is 1. The van der Waals surface area contributed by atoms with Crippen molar-refractivity contribution in [3.8, 4) is 11.5 Å². The second-order valence-electron chi connectivity index (χ2n) is 9.23. The van der Waals surface area contributed by atoms with E-state index in [0.717, 1.165) is 11.3 Å². The summed E-state index contributed by atoms with van der Waals surface area (Å²) < 4.78 is 27.4. The van der Waals surface area contributed by atoms with E-state index in [1.54, 1.807) is 0 Å². The van der Waals surface area contributed by atoms with Gasteiger partial charge in [-0.15, -0.1) is 11.6 Å². The molecule has 36 heavy (non-hydrogen) atoms. The summed E-state index contributed by atoms with van der Waals surface area (Å²) in [7, 11) is 0. The van der Waals surface area contributed by atoms with Gasteiger partial charge in [0.25, 0.3) is 0 Å². The molecule has 0 fully saturated rings. The van der Waals surface area contributed by atoms with Crippen LogP contribution in [0, 0.1) is 5.92 Å². The minimum Gasteiger partial charge on any atom is -0.493 e. The average molecular weight is 525 g/mol. The fraction of sp³-hybridized carbons (Fsp3) is 0.571. The minimum absolute atomic E-state index is 0.00564. The van der Waals surface area contributed by atoms with E-state index in [9.17, 15) is 5.11 Å². The number of aliphatic hydroxyl groups is 2. The lowest BCUT2D eigenvalue weighted by Crippen LogP contribution is -2.24. The number of halogens is 1. The molecule has 0 amide bonds. The van der Waals surface area contributed by atoms with Crippen LogP contribution >= 0.6 is 11.6 Å². The topological polar surface area (TPSA) is 86.6 Å². The molecule has 0 spiro atoms. The summed E-state index contributed by atoms with van der Waals surface area (Å²) >= 11 is 5.85. The van der Waals surface area contributed by atoms with Gasteiger partial charge in [0.1, 0.15) is 24.2 Å². The van der Waals surface area contributed by atoms with Gasteiger partial charge < -0.3 is 33.9 Å². The molecule has 0 saturated heterocycles. The third kappa shape index (κ3) is 11.0. The Morgan fingerprint density at radius 1 is 0.722 bits per heavy atom. The molecule has 0 aliphatic heterocycles. The first-order valence-electron chi connectivity index (χ1n) is 12.4. The standard InChI is InChI=1S/C28H41ClO7/c1-22(18-29)19-35-26-8-4-23(5-9-26)28(2,3)24-6-10-27(11-7-24)36-21-25(31)20-34-17-16-33-15-14-32-13-12-30/h4-11,22,25,30-31H,12-21H2,1-3H3/t22-,25-/m1/s1. The van der Waals surface area contributed by atoms with Crippen molar-refractivity contribution >= 4 is 11.6 Å². The number of aliphatic hydroxyl groups excluding tert-OH is 2. The summed E-state index contributed by atoms with van der Waals surface area (Å²) in [6, 6.07) is 16.1. The summed E-state index contributed by atoms with van der Waals surface area (Å²) in [6.45, 7) is 9.31. The first-order valence-corrected chi connectivity index (χ1v) is 12.9. The van der Waals surface area contributed by atoms with E-state index in [4.69, 9.17) is 40.4 Å². The Morgan fingerprint density at radius 2 is 1.19 bits per heavy atom. The molecule has 2 rings (SSSR count). The smallest absolute Gasteiger partial charge is 0.119 e. The minimum atomic E-state index is -0.734. The maximum atomic E-state index is 10.1. The second-order valence-corrected chi connectivity index (χ2v) is 9.54. The van der Waals surface area contributed by atoms with Gasteiger partial charge in [-0.05, 0) is 35.4 Å². The summed E-state index contributed by atoms with van der Waals surface area (Å²) in [6.07, 6.45) is -0.734. The zero-order valence-corrected chi connectivity index (χ0v) is 22.4. The number of hydrogen-bond donors (Lipinski definition) is 2. The molecular formula is C28H41ClO7. The van der Waals surface area contributed by atoms with Gasteiger partial charge in [-0.25, -0.2) is 0 Å². The Bertz CT molecular complexity index is 827. The maximum absolute atomic E-state index is 10.1. The molecule has 2 atom stereocenters. The van der Waals surface area contributed by atoms with Gasteiger partial charge >= 0.3 is 0 Å². The van der Waals surface area contributed by atoms with Crippen molar-refractivity contribution in [3.63, 3.8) is 0 Å². The van der Waals surface area contributed by atoms with Crippen molar-refractivity contribution < 1.29 is 33.9 Å². The molecule has 7 nitrogen and oxygen atoms in total. The number of benzene rings is 2. The Balaban J connectivity index is 1.72. The van der Waals surface area contributed by atoms with Crippen LogP contribution in [0.5, 0.6) is 11.5 Å². The molecule has 2 aromatic carbocycles. The van der Waals surface area contributed by atoms with Crippen molar-refractivity contribution in [1.29, 1.82) is 0 Å². The number of rotatable bonds is 19. The zero-order valence-electron chi connectivity index (χ0n) is 21.7. The van der Waals surface area contributed by atoms with E-state index in [1.165, 1.54) is 5.56 Å². The third-order valence-corrected chi connectivity index (χ3v) is 6.21. The van der Waals surface area contributed by atoms with Crippen molar-refractivity contribution in [1.82, 2.24) is 0 Å². The van der Waals surface area contributed by atoms with Gasteiger partial charge in [-0.1, -0.05) is 45.0 Å². The third-order valence-electron chi connectivity index (χ3n) is 5.68. The highest BCUT2D eigenvalue weighted by Crippen LogP contribution is 2.33. The molecule has 0 saturated carbocycles. The molecule has 0 aliphatic carbocycles. The maximum Gasteiger partial charge on any atom is 0.119 e. The first kappa shape index (κ1) is 30.4. The summed E-state index contributed by atoms with van der Waals surface area (Å²) in [5, 5.41) is 18.7. The molecule has 0 aliphatic rings. The molecule has 0 heterocycles. The highest BCUT2D eigenvalue weighted by Gasteiger charge is 2.23. The van der Waals surface area contributed by atoms with Crippen molar-refractivity contribution in [2.75, 3.05) is 65.3 Å². The van der Waals surface area contributed by atoms with E-state index in [2.05, 4.69) is 32.9 Å². The Labute approximate surface area is 220 Å². The van der Waals surface area contributed by atoms with E-state index < -0.39 is 6.10 Å². The predicted octanol–water partition coefficient (Wildman–Crippen LogP) is 4.05. The fourth-order valence-electron chi connectivity index (χ4n) is 3.35. The van der Waals surface area contributed by atoms with E-state index in [-0.39, 0.29) is 25.2 Å². The molecule has 0 unspecified atom stereocenters. The van der Waals surface area contributed by atoms with Gasteiger partial charge in [-0.2, -0.15) is 0 Å². The predicted molar refractivity (Wildman–Crippen MR) is 141 cm³/mol. The lowest BCUT2D eigenvalue weighted by atomic mass is 9.78. The average Bonchev–Trinajstić information content (AvgIpc) is 2.90. The normalized spacial score (nSPS) is 13.4. The second kappa shape index (κ2) is 16.8. The fourth-order valence-corrected chi connectivity index (χ4v) is 3.44. The Kier molecular flexibility index (Phi) is 14.2. The molecule has 2 aromatic rings. The summed E-state index contributed by atoms with van der Waals surface area (Å²) in [4.78, 5) is 0. The highest BCUT2D eigenvalue weighted by atomic mass is 35.5. The zero-order chi connectivity index (χ0) is 26.2. The molecule has 8 heteroatoms. The largest absolute Gasteiger partial charge is 0.493 e. The molecule has 0 bridgehead atoms. The van der Waals surface area contributed by atoms with Crippen LogP contribution in [0.25, 0.3) is 0 Å². The number of hydrogen-bond acceptors (Lipinski definition) is 7. The van der Waals surface area contributed by atoms with Crippen LogP contribution < -0.4 is 9.47 Å².